The molecule has 1 aromatic rings. The van der Waals surface area contributed by atoms with E-state index in [9.17, 15) is 0 Å². The van der Waals surface area contributed by atoms with E-state index in [2.05, 4.69) is 5.32 Å². The maximum atomic E-state index is 9.08. The van der Waals surface area contributed by atoms with Crippen LogP contribution in [0.15, 0.2) is 18.2 Å². The number of nitrogens with one attached hydrogen (secondary N) is 1. The zero-order valence-electron chi connectivity index (χ0n) is 10.7. The summed E-state index contributed by atoms with van der Waals surface area (Å²) < 4.78 is 5.43. The quantitative estimate of drug-likeness (QED) is 0.664. The van der Waals surface area contributed by atoms with Gasteiger partial charge in [-0.1, -0.05) is 6.92 Å². The van der Waals surface area contributed by atoms with Crippen LogP contribution >= 0.6 is 0 Å². The fourth-order valence-electron chi connectivity index (χ4n) is 1.47. The molecule has 1 rings (SSSR count). The van der Waals surface area contributed by atoms with Gasteiger partial charge >= 0.3 is 0 Å². The van der Waals surface area contributed by atoms with Gasteiger partial charge in [0, 0.05) is 24.4 Å². The van der Waals surface area contributed by atoms with Crippen molar-refractivity contribution in [2.45, 2.75) is 26.8 Å². The first-order valence-corrected chi connectivity index (χ1v) is 5.98. The van der Waals surface area contributed by atoms with E-state index in [0.717, 1.165) is 5.69 Å². The average Bonchev–Trinajstić information content (AvgIpc) is 2.32. The predicted molar refractivity (Wildman–Crippen MR) is 71.4 cm³/mol. The number of ether oxygens (including phenoxy) is 1. The number of anilines is 2. The Labute approximate surface area is 103 Å². The molecule has 1 aromatic carbocycles. The molecule has 0 aliphatic carbocycles. The van der Waals surface area contributed by atoms with E-state index in [1.807, 2.05) is 39.0 Å². The van der Waals surface area contributed by atoms with Gasteiger partial charge in [0.15, 0.2) is 0 Å². The fraction of sp³-hybridized carbons (Fsp3) is 0.538. The third kappa shape index (κ3) is 3.82. The smallest absolute Gasteiger partial charge is 0.144 e. The van der Waals surface area contributed by atoms with Gasteiger partial charge in [-0.25, -0.2) is 0 Å². The largest absolute Gasteiger partial charge is 0.492 e. The van der Waals surface area contributed by atoms with Gasteiger partial charge in [0.25, 0.3) is 0 Å². The number of nitrogens with two attached hydrogens (primary N) is 1. The fourth-order valence-corrected chi connectivity index (χ4v) is 1.47. The molecule has 0 saturated carbocycles. The Morgan fingerprint density at radius 2 is 2.12 bits per heavy atom. The molecular formula is C13H22N2O2. The average molecular weight is 238 g/mol. The summed E-state index contributed by atoms with van der Waals surface area (Å²) in [4.78, 5) is 0. The van der Waals surface area contributed by atoms with Gasteiger partial charge in [-0.15, -0.1) is 0 Å². The molecule has 4 N–H and O–H groups in total. The van der Waals surface area contributed by atoms with Crippen molar-refractivity contribution in [1.82, 2.24) is 0 Å². The van der Waals surface area contributed by atoms with Crippen molar-refractivity contribution < 1.29 is 9.84 Å². The highest BCUT2D eigenvalue weighted by atomic mass is 16.5. The zero-order valence-corrected chi connectivity index (χ0v) is 10.7. The minimum absolute atomic E-state index is 0.168. The van der Waals surface area contributed by atoms with E-state index in [0.29, 0.717) is 18.0 Å². The van der Waals surface area contributed by atoms with Gasteiger partial charge in [-0.2, -0.15) is 0 Å². The first-order valence-electron chi connectivity index (χ1n) is 5.98. The highest BCUT2D eigenvalue weighted by molar-refractivity contribution is 5.61. The number of aliphatic hydroxyl groups excluding tert-OH is 1. The van der Waals surface area contributed by atoms with Crippen molar-refractivity contribution in [3.8, 4) is 5.75 Å². The summed E-state index contributed by atoms with van der Waals surface area (Å²) in [6.07, 6.45) is 0. The lowest BCUT2D eigenvalue weighted by atomic mass is 10.0. The molecule has 2 atom stereocenters. The van der Waals surface area contributed by atoms with Crippen LogP contribution in [0.2, 0.25) is 0 Å². The van der Waals surface area contributed by atoms with Crippen LogP contribution in [0.1, 0.15) is 20.8 Å². The molecule has 0 amide bonds. The van der Waals surface area contributed by atoms with Crippen LogP contribution in [0, 0.1) is 5.92 Å². The van der Waals surface area contributed by atoms with Gasteiger partial charge in [-0.3, -0.25) is 0 Å². The van der Waals surface area contributed by atoms with Crippen LogP contribution in [0.4, 0.5) is 11.4 Å². The lowest BCUT2D eigenvalue weighted by molar-refractivity contribution is 0.226. The molecule has 4 nitrogen and oxygen atoms in total. The van der Waals surface area contributed by atoms with Crippen molar-refractivity contribution in [1.29, 1.82) is 0 Å². The summed E-state index contributed by atoms with van der Waals surface area (Å²) in [5.41, 5.74) is 7.39. The second-order valence-electron chi connectivity index (χ2n) is 4.28. The number of benzene rings is 1. The normalized spacial score (nSPS) is 14.1. The molecule has 0 spiro atoms. The van der Waals surface area contributed by atoms with Crippen molar-refractivity contribution in [3.05, 3.63) is 18.2 Å². The van der Waals surface area contributed by atoms with E-state index in [1.165, 1.54) is 0 Å². The van der Waals surface area contributed by atoms with Crippen LogP contribution < -0.4 is 15.8 Å². The zero-order chi connectivity index (χ0) is 12.8. The summed E-state index contributed by atoms with van der Waals surface area (Å²) in [6.45, 7) is 6.73. The summed E-state index contributed by atoms with van der Waals surface area (Å²) in [5.74, 6) is 0.893. The Bertz CT molecular complexity index is 355. The second kappa shape index (κ2) is 6.35. The van der Waals surface area contributed by atoms with Crippen molar-refractivity contribution in [3.63, 3.8) is 0 Å². The lowest BCUT2D eigenvalue weighted by Gasteiger charge is -2.21. The minimum Gasteiger partial charge on any atom is -0.492 e. The number of aliphatic hydroxyl groups is 1. The topological polar surface area (TPSA) is 67.5 Å². The Morgan fingerprint density at radius 1 is 1.41 bits per heavy atom. The first kappa shape index (κ1) is 13.6. The van der Waals surface area contributed by atoms with E-state index in [4.69, 9.17) is 15.6 Å². The molecule has 0 bridgehead atoms. The van der Waals surface area contributed by atoms with Crippen LogP contribution in [-0.4, -0.2) is 24.4 Å². The SMILES string of the molecule is CCOc1cc(NC(C)C(C)CO)ccc1N. The van der Waals surface area contributed by atoms with Gasteiger partial charge in [0.05, 0.1) is 12.3 Å². The van der Waals surface area contributed by atoms with E-state index < -0.39 is 0 Å². The highest BCUT2D eigenvalue weighted by Gasteiger charge is 2.11. The monoisotopic (exact) mass is 238 g/mol. The molecule has 0 aliphatic rings. The van der Waals surface area contributed by atoms with Gasteiger partial charge in [0.1, 0.15) is 5.75 Å². The minimum atomic E-state index is 0.168. The second-order valence-corrected chi connectivity index (χ2v) is 4.28. The molecule has 0 radical (unpaired) electrons. The van der Waals surface area contributed by atoms with Crippen LogP contribution in [0.3, 0.4) is 0 Å². The third-order valence-electron chi connectivity index (χ3n) is 2.85. The van der Waals surface area contributed by atoms with Crippen LogP contribution in [-0.2, 0) is 0 Å². The highest BCUT2D eigenvalue weighted by Crippen LogP contribution is 2.26. The standard InChI is InChI=1S/C13H22N2O2/c1-4-17-13-7-11(5-6-12(13)14)15-10(3)9(2)8-16/h5-7,9-10,15-16H,4,8,14H2,1-3H3. The predicted octanol–water partition coefficient (Wildman–Crippen LogP) is 2.10. The Balaban J connectivity index is 2.74. The molecule has 2 unspecified atom stereocenters. The molecule has 0 aliphatic heterocycles. The summed E-state index contributed by atoms with van der Waals surface area (Å²) in [6, 6.07) is 5.82. The van der Waals surface area contributed by atoms with Crippen molar-refractivity contribution in [2.24, 2.45) is 5.92 Å². The van der Waals surface area contributed by atoms with Crippen molar-refractivity contribution in [2.75, 3.05) is 24.3 Å². The Hall–Kier alpha value is -1.42. The third-order valence-corrected chi connectivity index (χ3v) is 2.85. The van der Waals surface area contributed by atoms with Crippen LogP contribution in [0.25, 0.3) is 0 Å². The molecule has 0 saturated heterocycles. The Morgan fingerprint density at radius 3 is 2.71 bits per heavy atom. The van der Waals surface area contributed by atoms with E-state index in [1.54, 1.807) is 0 Å². The van der Waals surface area contributed by atoms with Crippen LogP contribution in [0.5, 0.6) is 5.75 Å². The summed E-state index contributed by atoms with van der Waals surface area (Å²) in [5, 5.41) is 12.4. The lowest BCUT2D eigenvalue weighted by Crippen LogP contribution is -2.26. The maximum absolute atomic E-state index is 9.08. The Kier molecular flexibility index (Phi) is 5.10. The maximum Gasteiger partial charge on any atom is 0.144 e. The van der Waals surface area contributed by atoms with Gasteiger partial charge < -0.3 is 20.9 Å². The molecule has 4 heteroatoms. The summed E-state index contributed by atoms with van der Waals surface area (Å²) in [7, 11) is 0. The van der Waals surface area contributed by atoms with Crippen molar-refractivity contribution >= 4 is 11.4 Å². The molecular weight excluding hydrogens is 216 g/mol. The molecule has 0 heterocycles. The molecule has 0 aromatic heterocycles. The summed E-state index contributed by atoms with van der Waals surface area (Å²) >= 11 is 0. The number of nitrogen functional groups attached to an aromatic ring is 1. The molecule has 17 heavy (non-hydrogen) atoms. The van der Waals surface area contributed by atoms with Gasteiger partial charge in [-0.05, 0) is 31.9 Å². The van der Waals surface area contributed by atoms with E-state index in [-0.39, 0.29) is 18.6 Å². The number of hydrogen-bond donors (Lipinski definition) is 3. The number of hydrogen-bond acceptors (Lipinski definition) is 4. The number of rotatable bonds is 6. The molecule has 0 fully saturated rings. The van der Waals surface area contributed by atoms with Gasteiger partial charge in [0.2, 0.25) is 0 Å². The van der Waals surface area contributed by atoms with E-state index >= 15 is 0 Å². The molecule has 96 valence electrons. The first-order chi connectivity index (χ1) is 8.08.